The number of benzene rings is 2. The van der Waals surface area contributed by atoms with E-state index in [-0.39, 0.29) is 5.54 Å². The van der Waals surface area contributed by atoms with E-state index in [4.69, 9.17) is 10.5 Å². The van der Waals surface area contributed by atoms with Gasteiger partial charge in [-0.3, -0.25) is 0 Å². The van der Waals surface area contributed by atoms with Crippen LogP contribution in [0.4, 0.5) is 0 Å². The largest absolute Gasteiger partial charge is 0.497 e. The lowest BCUT2D eigenvalue weighted by atomic mass is 9.87. The van der Waals surface area contributed by atoms with Gasteiger partial charge in [0.25, 0.3) is 0 Å². The second-order valence-electron chi connectivity index (χ2n) is 5.45. The van der Waals surface area contributed by atoms with Crippen LogP contribution in [0.2, 0.25) is 0 Å². The summed E-state index contributed by atoms with van der Waals surface area (Å²) in [6.07, 6.45) is 1.64. The van der Waals surface area contributed by atoms with Crippen LogP contribution < -0.4 is 10.5 Å². The normalized spacial score (nSPS) is 13.8. The number of hydrogen-bond donors (Lipinski definition) is 1. The smallest absolute Gasteiger partial charge is 0.119 e. The van der Waals surface area contributed by atoms with Gasteiger partial charge in [-0.05, 0) is 49.1 Å². The quantitative estimate of drug-likeness (QED) is 0.898. The molecule has 2 N–H and O–H groups in total. The molecule has 2 aromatic rings. The van der Waals surface area contributed by atoms with E-state index in [2.05, 4.69) is 35.0 Å². The molecule has 0 aliphatic heterocycles. The van der Waals surface area contributed by atoms with Crippen molar-refractivity contribution in [3.8, 4) is 5.75 Å². The molecular weight excluding hydrogens is 314 g/mol. The molecule has 20 heavy (non-hydrogen) atoms. The second kappa shape index (κ2) is 6.42. The minimum absolute atomic E-state index is 0.295. The Morgan fingerprint density at radius 1 is 1.10 bits per heavy atom. The van der Waals surface area contributed by atoms with Crippen molar-refractivity contribution in [1.82, 2.24) is 0 Å². The topological polar surface area (TPSA) is 35.2 Å². The van der Waals surface area contributed by atoms with Gasteiger partial charge in [0.05, 0.1) is 7.11 Å². The van der Waals surface area contributed by atoms with Crippen LogP contribution in [-0.4, -0.2) is 12.6 Å². The molecule has 0 heterocycles. The zero-order valence-corrected chi connectivity index (χ0v) is 13.5. The Kier molecular flexibility index (Phi) is 4.84. The third kappa shape index (κ3) is 4.09. The van der Waals surface area contributed by atoms with Crippen molar-refractivity contribution in [3.05, 3.63) is 64.1 Å². The molecule has 0 aliphatic rings. The van der Waals surface area contributed by atoms with Gasteiger partial charge in [0.2, 0.25) is 0 Å². The first-order chi connectivity index (χ1) is 9.50. The van der Waals surface area contributed by atoms with Crippen molar-refractivity contribution >= 4 is 15.9 Å². The summed E-state index contributed by atoms with van der Waals surface area (Å²) in [6, 6.07) is 16.3. The summed E-state index contributed by atoms with van der Waals surface area (Å²) in [4.78, 5) is 0. The summed E-state index contributed by atoms with van der Waals surface area (Å²) < 4.78 is 6.35. The molecule has 0 bridgehead atoms. The van der Waals surface area contributed by atoms with Crippen molar-refractivity contribution in [1.29, 1.82) is 0 Å². The van der Waals surface area contributed by atoms with Crippen molar-refractivity contribution in [2.24, 2.45) is 5.73 Å². The molecule has 1 atom stereocenters. The SMILES string of the molecule is COc1ccc(Br)c(CC(C)(N)Cc2ccccc2)c1. The van der Waals surface area contributed by atoms with Crippen LogP contribution in [0.25, 0.3) is 0 Å². The highest BCUT2D eigenvalue weighted by Gasteiger charge is 2.21. The van der Waals surface area contributed by atoms with Crippen LogP contribution in [0, 0.1) is 0 Å². The Labute approximate surface area is 129 Å². The van der Waals surface area contributed by atoms with Crippen LogP contribution in [0.15, 0.2) is 53.0 Å². The third-order valence-electron chi connectivity index (χ3n) is 3.30. The van der Waals surface area contributed by atoms with E-state index >= 15 is 0 Å². The van der Waals surface area contributed by atoms with Crippen molar-refractivity contribution in [2.75, 3.05) is 7.11 Å². The van der Waals surface area contributed by atoms with E-state index in [1.54, 1.807) is 7.11 Å². The number of rotatable bonds is 5. The molecule has 2 nitrogen and oxygen atoms in total. The van der Waals surface area contributed by atoms with Gasteiger partial charge in [0, 0.05) is 10.0 Å². The lowest BCUT2D eigenvalue weighted by Crippen LogP contribution is -2.41. The van der Waals surface area contributed by atoms with Gasteiger partial charge in [0.15, 0.2) is 0 Å². The first-order valence-electron chi connectivity index (χ1n) is 6.65. The Balaban J connectivity index is 2.15. The molecule has 106 valence electrons. The van der Waals surface area contributed by atoms with E-state index in [1.165, 1.54) is 11.1 Å². The lowest BCUT2D eigenvalue weighted by Gasteiger charge is -2.25. The molecule has 1 unspecified atom stereocenters. The van der Waals surface area contributed by atoms with Crippen LogP contribution in [-0.2, 0) is 12.8 Å². The van der Waals surface area contributed by atoms with Crippen LogP contribution in [0.1, 0.15) is 18.1 Å². The number of ether oxygens (including phenoxy) is 1. The van der Waals surface area contributed by atoms with Gasteiger partial charge in [-0.2, -0.15) is 0 Å². The number of methoxy groups -OCH3 is 1. The van der Waals surface area contributed by atoms with Gasteiger partial charge in [-0.15, -0.1) is 0 Å². The first kappa shape index (κ1) is 15.1. The zero-order valence-electron chi connectivity index (χ0n) is 11.9. The average molecular weight is 334 g/mol. The van der Waals surface area contributed by atoms with Gasteiger partial charge in [0.1, 0.15) is 5.75 Å². The van der Waals surface area contributed by atoms with Crippen LogP contribution in [0.5, 0.6) is 5.75 Å². The first-order valence-corrected chi connectivity index (χ1v) is 7.45. The van der Waals surface area contributed by atoms with E-state index in [0.717, 1.165) is 23.1 Å². The maximum absolute atomic E-state index is 6.48. The van der Waals surface area contributed by atoms with Crippen LogP contribution >= 0.6 is 15.9 Å². The Morgan fingerprint density at radius 3 is 2.45 bits per heavy atom. The molecule has 0 amide bonds. The molecular formula is C17H20BrNO. The summed E-state index contributed by atoms with van der Waals surface area (Å²) in [5, 5.41) is 0. The lowest BCUT2D eigenvalue weighted by molar-refractivity contribution is 0.412. The van der Waals surface area contributed by atoms with E-state index in [0.29, 0.717) is 0 Å². The van der Waals surface area contributed by atoms with E-state index < -0.39 is 0 Å². The molecule has 3 heteroatoms. The van der Waals surface area contributed by atoms with Gasteiger partial charge >= 0.3 is 0 Å². The highest BCUT2D eigenvalue weighted by Crippen LogP contribution is 2.26. The molecule has 2 aromatic carbocycles. The molecule has 0 spiro atoms. The predicted octanol–water partition coefficient (Wildman–Crippen LogP) is 3.96. The minimum atomic E-state index is -0.295. The number of hydrogen-bond acceptors (Lipinski definition) is 2. The van der Waals surface area contributed by atoms with E-state index in [9.17, 15) is 0 Å². The molecule has 0 radical (unpaired) electrons. The average Bonchev–Trinajstić information content (AvgIpc) is 2.41. The molecule has 0 aromatic heterocycles. The summed E-state index contributed by atoms with van der Waals surface area (Å²) in [6.45, 7) is 2.09. The van der Waals surface area contributed by atoms with Gasteiger partial charge < -0.3 is 10.5 Å². The van der Waals surface area contributed by atoms with Crippen LogP contribution in [0.3, 0.4) is 0 Å². The predicted molar refractivity (Wildman–Crippen MR) is 87.1 cm³/mol. The van der Waals surface area contributed by atoms with Gasteiger partial charge in [-0.25, -0.2) is 0 Å². The Bertz CT molecular complexity index is 566. The maximum atomic E-state index is 6.48. The molecule has 0 saturated carbocycles. The molecule has 0 saturated heterocycles. The second-order valence-corrected chi connectivity index (χ2v) is 6.30. The minimum Gasteiger partial charge on any atom is -0.497 e. The van der Waals surface area contributed by atoms with Gasteiger partial charge in [-0.1, -0.05) is 46.3 Å². The monoisotopic (exact) mass is 333 g/mol. The van der Waals surface area contributed by atoms with E-state index in [1.807, 2.05) is 36.4 Å². The molecule has 0 aliphatic carbocycles. The summed E-state index contributed by atoms with van der Waals surface area (Å²) >= 11 is 3.59. The third-order valence-corrected chi connectivity index (χ3v) is 4.07. The summed E-state index contributed by atoms with van der Waals surface area (Å²) in [5.41, 5.74) is 8.62. The van der Waals surface area contributed by atoms with Crippen molar-refractivity contribution in [2.45, 2.75) is 25.3 Å². The summed E-state index contributed by atoms with van der Waals surface area (Å²) in [5.74, 6) is 0.860. The standard InChI is InChI=1S/C17H20BrNO/c1-17(19,11-13-6-4-3-5-7-13)12-14-10-15(20-2)8-9-16(14)18/h3-10H,11-12,19H2,1-2H3. The fourth-order valence-electron chi connectivity index (χ4n) is 2.37. The number of halogens is 1. The van der Waals surface area contributed by atoms with Crippen molar-refractivity contribution in [3.63, 3.8) is 0 Å². The zero-order chi connectivity index (χ0) is 14.6. The molecule has 2 rings (SSSR count). The fraction of sp³-hybridized carbons (Fsp3) is 0.294. The fourth-order valence-corrected chi connectivity index (χ4v) is 2.76. The Morgan fingerprint density at radius 2 is 1.80 bits per heavy atom. The number of nitrogens with two attached hydrogens (primary N) is 1. The highest BCUT2D eigenvalue weighted by molar-refractivity contribution is 9.10. The van der Waals surface area contributed by atoms with Crippen molar-refractivity contribution < 1.29 is 4.74 Å². The maximum Gasteiger partial charge on any atom is 0.119 e. The molecule has 0 fully saturated rings. The summed E-state index contributed by atoms with van der Waals surface area (Å²) in [7, 11) is 1.68. The highest BCUT2D eigenvalue weighted by atomic mass is 79.9. The Hall–Kier alpha value is -1.32.